The lowest BCUT2D eigenvalue weighted by atomic mass is 9.72. The van der Waals surface area contributed by atoms with E-state index in [2.05, 4.69) is 21.3 Å². The molecule has 1 aromatic heterocycles. The number of hydrogen-bond donors (Lipinski definition) is 4. The van der Waals surface area contributed by atoms with Gasteiger partial charge in [-0.3, -0.25) is 19.2 Å². The number of carbonyl (C=O) groups excluding carboxylic acids is 4. The average molecular weight is 509 g/mol. The first-order valence-corrected chi connectivity index (χ1v) is 11.1. The summed E-state index contributed by atoms with van der Waals surface area (Å²) >= 11 is 0. The standard InChI is InChI=1S/C23H23F4N5O4/c1-11-16(18(33)29-12-5-6-13(24)14(25)8-12)15-4-3-7-32(15)17(11)30-19(34)20(35)31-22(21(36)28-2)9-23(26,27)10-22/h5-6,8H,3-4,7,9-10H2,1-2H3,(H,28,36)(H,29,33)(H,30,34)(H,31,35). The van der Waals surface area contributed by atoms with E-state index in [1.54, 1.807) is 4.57 Å². The summed E-state index contributed by atoms with van der Waals surface area (Å²) in [5, 5.41) is 9.24. The number of amides is 4. The van der Waals surface area contributed by atoms with E-state index in [0.717, 1.165) is 12.1 Å². The second-order valence-electron chi connectivity index (χ2n) is 8.91. The van der Waals surface area contributed by atoms with Crippen LogP contribution in [0.5, 0.6) is 0 Å². The number of likely N-dealkylation sites (N-methyl/N-ethyl adjacent to an activating group) is 1. The van der Waals surface area contributed by atoms with Gasteiger partial charge in [0.05, 0.1) is 5.56 Å². The number of nitrogens with one attached hydrogen (secondary N) is 4. The highest BCUT2D eigenvalue weighted by molar-refractivity contribution is 6.40. The van der Waals surface area contributed by atoms with Gasteiger partial charge in [-0.05, 0) is 31.9 Å². The van der Waals surface area contributed by atoms with Gasteiger partial charge in [0, 0.05) is 49.4 Å². The molecular formula is C23H23F4N5O4. The molecule has 1 saturated carbocycles. The third-order valence-corrected chi connectivity index (χ3v) is 6.39. The minimum Gasteiger partial charge on any atom is -0.357 e. The minimum absolute atomic E-state index is 0.0259. The Labute approximate surface area is 202 Å². The minimum atomic E-state index is -3.15. The van der Waals surface area contributed by atoms with E-state index >= 15 is 0 Å². The van der Waals surface area contributed by atoms with E-state index in [4.69, 9.17) is 0 Å². The van der Waals surface area contributed by atoms with Crippen molar-refractivity contribution in [1.82, 2.24) is 15.2 Å². The number of halogens is 4. The van der Waals surface area contributed by atoms with Crippen LogP contribution in [0.15, 0.2) is 18.2 Å². The Kier molecular flexibility index (Phi) is 6.27. The Balaban J connectivity index is 1.54. The average Bonchev–Trinajstić information content (AvgIpc) is 3.35. The number of fused-ring (bicyclic) bond motifs is 1. The van der Waals surface area contributed by atoms with Crippen molar-refractivity contribution in [2.24, 2.45) is 0 Å². The number of aromatic nitrogens is 1. The third-order valence-electron chi connectivity index (χ3n) is 6.39. The van der Waals surface area contributed by atoms with E-state index in [1.165, 1.54) is 20.0 Å². The molecule has 2 aromatic rings. The van der Waals surface area contributed by atoms with Crippen LogP contribution < -0.4 is 21.3 Å². The van der Waals surface area contributed by atoms with Crippen molar-refractivity contribution in [3.63, 3.8) is 0 Å². The van der Waals surface area contributed by atoms with Gasteiger partial charge >= 0.3 is 11.8 Å². The summed E-state index contributed by atoms with van der Waals surface area (Å²) in [7, 11) is 1.23. The number of carbonyl (C=O) groups is 4. The zero-order valence-electron chi connectivity index (χ0n) is 19.4. The van der Waals surface area contributed by atoms with Crippen LogP contribution in [0.2, 0.25) is 0 Å². The smallest absolute Gasteiger partial charge is 0.314 e. The van der Waals surface area contributed by atoms with Crippen LogP contribution in [0.25, 0.3) is 0 Å². The first-order chi connectivity index (χ1) is 16.9. The van der Waals surface area contributed by atoms with Crippen molar-refractivity contribution in [2.75, 3.05) is 17.7 Å². The summed E-state index contributed by atoms with van der Waals surface area (Å²) in [6.45, 7) is 1.97. The lowest BCUT2D eigenvalue weighted by Gasteiger charge is -2.45. The Morgan fingerprint density at radius 1 is 1.00 bits per heavy atom. The van der Waals surface area contributed by atoms with Gasteiger partial charge in [-0.1, -0.05) is 0 Å². The maximum absolute atomic E-state index is 13.5. The second-order valence-corrected chi connectivity index (χ2v) is 8.91. The predicted octanol–water partition coefficient (Wildman–Crippen LogP) is 2.24. The molecule has 0 atom stereocenters. The fourth-order valence-electron chi connectivity index (χ4n) is 4.76. The van der Waals surface area contributed by atoms with Crippen LogP contribution >= 0.6 is 0 Å². The Morgan fingerprint density at radius 2 is 1.69 bits per heavy atom. The molecule has 1 aliphatic heterocycles. The molecule has 0 saturated heterocycles. The van der Waals surface area contributed by atoms with E-state index in [9.17, 15) is 36.7 Å². The van der Waals surface area contributed by atoms with Crippen molar-refractivity contribution in [1.29, 1.82) is 0 Å². The van der Waals surface area contributed by atoms with Gasteiger partial charge in [0.2, 0.25) is 5.91 Å². The molecule has 0 radical (unpaired) electrons. The summed E-state index contributed by atoms with van der Waals surface area (Å²) in [5.41, 5.74) is -0.782. The molecule has 1 aliphatic carbocycles. The molecule has 13 heteroatoms. The van der Waals surface area contributed by atoms with Gasteiger partial charge < -0.3 is 25.8 Å². The second kappa shape index (κ2) is 8.95. The molecule has 0 bridgehead atoms. The largest absolute Gasteiger partial charge is 0.357 e. The first kappa shape index (κ1) is 25.2. The van der Waals surface area contributed by atoms with Gasteiger partial charge in [-0.15, -0.1) is 0 Å². The van der Waals surface area contributed by atoms with Crippen LogP contribution in [-0.4, -0.2) is 46.7 Å². The molecule has 36 heavy (non-hydrogen) atoms. The zero-order valence-corrected chi connectivity index (χ0v) is 19.4. The Bertz CT molecular complexity index is 1280. The maximum Gasteiger partial charge on any atom is 0.314 e. The van der Waals surface area contributed by atoms with Crippen LogP contribution in [0.1, 0.15) is 40.9 Å². The van der Waals surface area contributed by atoms with E-state index < -0.39 is 59.6 Å². The van der Waals surface area contributed by atoms with E-state index in [-0.39, 0.29) is 17.1 Å². The highest BCUT2D eigenvalue weighted by Gasteiger charge is 2.61. The number of benzene rings is 1. The molecule has 192 valence electrons. The van der Waals surface area contributed by atoms with Gasteiger partial charge in [0.25, 0.3) is 11.8 Å². The number of nitrogens with zero attached hydrogens (tertiary/aromatic N) is 1. The highest BCUT2D eigenvalue weighted by atomic mass is 19.3. The van der Waals surface area contributed by atoms with Crippen LogP contribution in [0.4, 0.5) is 29.1 Å². The van der Waals surface area contributed by atoms with Crippen molar-refractivity contribution in [2.45, 2.75) is 50.6 Å². The summed E-state index contributed by atoms with van der Waals surface area (Å²) in [6, 6.07) is 2.90. The number of rotatable bonds is 5. The van der Waals surface area contributed by atoms with E-state index in [0.29, 0.717) is 30.6 Å². The summed E-state index contributed by atoms with van der Waals surface area (Å²) < 4.78 is 55.4. The molecule has 4 rings (SSSR count). The van der Waals surface area contributed by atoms with Gasteiger partial charge in [0.15, 0.2) is 11.6 Å². The molecular weight excluding hydrogens is 486 g/mol. The maximum atomic E-state index is 13.5. The van der Waals surface area contributed by atoms with Crippen molar-refractivity contribution in [3.8, 4) is 0 Å². The van der Waals surface area contributed by atoms with Crippen LogP contribution in [-0.2, 0) is 27.3 Å². The highest BCUT2D eigenvalue weighted by Crippen LogP contribution is 2.45. The van der Waals surface area contributed by atoms with Crippen molar-refractivity contribution in [3.05, 3.63) is 46.7 Å². The lowest BCUT2D eigenvalue weighted by Crippen LogP contribution is -2.70. The molecule has 4 amide bonds. The molecule has 2 heterocycles. The van der Waals surface area contributed by atoms with Gasteiger partial charge in [0.1, 0.15) is 11.4 Å². The van der Waals surface area contributed by atoms with E-state index in [1.807, 2.05) is 0 Å². The number of hydrogen-bond acceptors (Lipinski definition) is 4. The third kappa shape index (κ3) is 4.40. The lowest BCUT2D eigenvalue weighted by molar-refractivity contribution is -0.166. The molecule has 1 fully saturated rings. The monoisotopic (exact) mass is 509 g/mol. The first-order valence-electron chi connectivity index (χ1n) is 11.1. The molecule has 0 spiro atoms. The predicted molar refractivity (Wildman–Crippen MR) is 120 cm³/mol. The van der Waals surface area contributed by atoms with Gasteiger partial charge in [-0.2, -0.15) is 0 Å². The fourth-order valence-corrected chi connectivity index (χ4v) is 4.76. The molecule has 9 nitrogen and oxygen atoms in total. The SMILES string of the molecule is CNC(=O)C1(NC(=O)C(=O)Nc2c(C)c(C(=O)Nc3ccc(F)c(F)c3)c3n2CCC3)CC(F)(F)C1. The quantitative estimate of drug-likeness (QED) is 0.365. The normalized spacial score (nSPS) is 16.9. The summed E-state index contributed by atoms with van der Waals surface area (Å²) in [6.07, 6.45) is -0.748. The Hall–Kier alpha value is -3.90. The van der Waals surface area contributed by atoms with Crippen molar-refractivity contribution < 1.29 is 36.7 Å². The molecule has 2 aliphatic rings. The van der Waals surface area contributed by atoms with Crippen LogP contribution in [0.3, 0.4) is 0 Å². The topological polar surface area (TPSA) is 121 Å². The fraction of sp³-hybridized carbons (Fsp3) is 0.391. The summed E-state index contributed by atoms with van der Waals surface area (Å²) in [5.74, 6) is -9.14. The Morgan fingerprint density at radius 3 is 2.31 bits per heavy atom. The summed E-state index contributed by atoms with van der Waals surface area (Å²) in [4.78, 5) is 50.3. The molecule has 0 unspecified atom stereocenters. The van der Waals surface area contributed by atoms with Crippen LogP contribution in [0, 0.1) is 18.6 Å². The van der Waals surface area contributed by atoms with Crippen molar-refractivity contribution >= 4 is 35.1 Å². The number of alkyl halides is 2. The zero-order chi connectivity index (χ0) is 26.4. The molecule has 4 N–H and O–H groups in total. The van der Waals surface area contributed by atoms with Gasteiger partial charge in [-0.25, -0.2) is 17.6 Å². The number of anilines is 2. The molecule has 1 aromatic carbocycles.